The van der Waals surface area contributed by atoms with Crippen LogP contribution < -0.4 is 4.74 Å². The summed E-state index contributed by atoms with van der Waals surface area (Å²) in [5.41, 5.74) is 4.57. The molecule has 3 aliphatic rings. The summed E-state index contributed by atoms with van der Waals surface area (Å²) in [4.78, 5) is 21.9. The lowest BCUT2D eigenvalue weighted by atomic mass is 9.66. The van der Waals surface area contributed by atoms with Crippen LogP contribution in [0, 0.1) is 11.8 Å². The maximum atomic E-state index is 9.55. The molecule has 3 atom stereocenters. The Bertz CT molecular complexity index is 1030. The number of nitrogens with zero attached hydrogens (tertiary/aromatic N) is 1. The number of rotatable bonds is 6. The molecule has 0 aromatic heterocycles. The highest BCUT2D eigenvalue weighted by atomic mass is 16.5. The number of ether oxygens (including phenoxy) is 1. The first-order valence-corrected chi connectivity index (χ1v) is 12.0. The van der Waals surface area contributed by atoms with E-state index in [-0.39, 0.29) is 0 Å². The molecule has 2 N–H and O–H groups in total. The zero-order valence-electron chi connectivity index (χ0n) is 19.6. The topological polar surface area (TPSA) is 87.1 Å². The third kappa shape index (κ3) is 6.06. The number of methoxy groups -OCH3 is 1. The van der Waals surface area contributed by atoms with E-state index in [1.807, 2.05) is 0 Å². The summed E-state index contributed by atoms with van der Waals surface area (Å²) in [6, 6.07) is 17.9. The summed E-state index contributed by atoms with van der Waals surface area (Å²) in [6.07, 6.45) is 6.67. The molecular weight excluding hydrogens is 430 g/mol. The fourth-order valence-corrected chi connectivity index (χ4v) is 5.45. The van der Waals surface area contributed by atoms with Crippen molar-refractivity contribution in [3.05, 3.63) is 77.4 Å². The van der Waals surface area contributed by atoms with Crippen LogP contribution in [-0.4, -0.2) is 53.8 Å². The van der Waals surface area contributed by atoms with Gasteiger partial charge in [-0.2, -0.15) is 0 Å². The summed E-state index contributed by atoms with van der Waals surface area (Å²) in [5.74, 6) is 1.51. The zero-order valence-corrected chi connectivity index (χ0v) is 19.6. The van der Waals surface area contributed by atoms with Crippen LogP contribution in [0.2, 0.25) is 0 Å². The molecule has 0 amide bonds. The normalized spacial score (nSPS) is 23.9. The molecule has 1 saturated carbocycles. The summed E-state index contributed by atoms with van der Waals surface area (Å²) in [5, 5.41) is 15.6. The Morgan fingerprint density at radius 3 is 2.35 bits per heavy atom. The number of likely N-dealkylation sites (tertiary alicyclic amines) is 1. The Balaban J connectivity index is 0.000000297. The first-order chi connectivity index (χ1) is 16.4. The summed E-state index contributed by atoms with van der Waals surface area (Å²) in [7, 11) is 1.76. The number of aliphatic carboxylic acids is 2. The van der Waals surface area contributed by atoms with Crippen LogP contribution in [0.25, 0.3) is 0 Å². The lowest BCUT2D eigenvalue weighted by Crippen LogP contribution is -2.42. The van der Waals surface area contributed by atoms with Gasteiger partial charge in [-0.15, -0.1) is 0 Å². The number of carboxylic acid groups (broad SMARTS) is 2. The first kappa shape index (κ1) is 24.0. The number of hydrogen-bond donors (Lipinski definition) is 2. The number of piperidine rings is 1. The van der Waals surface area contributed by atoms with Gasteiger partial charge in [0, 0.05) is 31.2 Å². The van der Waals surface area contributed by atoms with E-state index in [2.05, 4.69) is 53.4 Å². The van der Waals surface area contributed by atoms with Crippen molar-refractivity contribution < 1.29 is 24.5 Å². The molecule has 1 saturated heterocycles. The average molecular weight is 464 g/mol. The fraction of sp³-hybridized carbons (Fsp3) is 0.429. The highest BCUT2D eigenvalue weighted by molar-refractivity contribution is 5.89. The predicted octanol–water partition coefficient (Wildman–Crippen LogP) is 4.76. The molecule has 1 aliphatic heterocycles. The van der Waals surface area contributed by atoms with Crippen molar-refractivity contribution in [2.75, 3.05) is 26.7 Å². The fourth-order valence-electron chi connectivity index (χ4n) is 5.45. The van der Waals surface area contributed by atoms with E-state index in [0.29, 0.717) is 18.1 Å². The largest absolute Gasteiger partial charge is 0.497 e. The lowest BCUT2D eigenvalue weighted by molar-refractivity contribution is -0.134. The molecule has 5 rings (SSSR count). The minimum Gasteiger partial charge on any atom is -0.497 e. The zero-order chi connectivity index (χ0) is 24.1. The van der Waals surface area contributed by atoms with Crippen LogP contribution in [0.15, 0.2) is 60.7 Å². The molecule has 6 heteroatoms. The van der Waals surface area contributed by atoms with Crippen molar-refractivity contribution in [3.8, 4) is 5.75 Å². The third-order valence-electron chi connectivity index (χ3n) is 7.23. The molecule has 34 heavy (non-hydrogen) atoms. The second-order valence-corrected chi connectivity index (χ2v) is 9.56. The van der Waals surface area contributed by atoms with Gasteiger partial charge in [-0.25, -0.2) is 9.59 Å². The SMILES string of the molecule is COc1cccc(C2CC3CCN(CC4CC4)CC3c3ccccc32)c1.O=C(O)/C=C\C(=O)O. The van der Waals surface area contributed by atoms with Gasteiger partial charge < -0.3 is 19.8 Å². The Labute approximate surface area is 200 Å². The van der Waals surface area contributed by atoms with Crippen molar-refractivity contribution in [1.82, 2.24) is 4.90 Å². The minimum absolute atomic E-state index is 0.512. The van der Waals surface area contributed by atoms with Gasteiger partial charge in [-0.1, -0.05) is 36.4 Å². The number of fused-ring (bicyclic) bond motifs is 3. The van der Waals surface area contributed by atoms with Crippen LogP contribution in [0.4, 0.5) is 0 Å². The summed E-state index contributed by atoms with van der Waals surface area (Å²) in [6.45, 7) is 3.90. The van der Waals surface area contributed by atoms with Crippen LogP contribution in [0.1, 0.15) is 54.2 Å². The number of benzene rings is 2. The van der Waals surface area contributed by atoms with Gasteiger partial charge in [0.25, 0.3) is 0 Å². The maximum Gasteiger partial charge on any atom is 0.328 e. The molecule has 2 aliphatic carbocycles. The number of hydrogen-bond acceptors (Lipinski definition) is 4. The van der Waals surface area contributed by atoms with Crippen molar-refractivity contribution in [2.45, 2.75) is 37.5 Å². The smallest absolute Gasteiger partial charge is 0.328 e. The Morgan fingerprint density at radius 2 is 1.71 bits per heavy atom. The van der Waals surface area contributed by atoms with Crippen LogP contribution in [0.5, 0.6) is 5.75 Å². The molecule has 0 spiro atoms. The van der Waals surface area contributed by atoms with E-state index < -0.39 is 11.9 Å². The molecule has 180 valence electrons. The van der Waals surface area contributed by atoms with E-state index in [1.165, 1.54) is 50.9 Å². The van der Waals surface area contributed by atoms with Gasteiger partial charge in [0.15, 0.2) is 0 Å². The average Bonchev–Trinajstić information content (AvgIpc) is 3.67. The molecule has 0 bridgehead atoms. The standard InChI is InChI=1S/C24H29NO.C4H4O4/c1-26-20-6-4-5-18(13-20)23-14-19-11-12-25(15-17-9-10-17)16-24(19)22-8-3-2-7-21(22)23;5-3(6)1-2-4(7)8/h2-8,13,17,19,23-24H,9-12,14-16H2,1H3;1-2H,(H,5,6)(H,7,8)/b;2-1-. The Morgan fingerprint density at radius 1 is 1.00 bits per heavy atom. The van der Waals surface area contributed by atoms with Crippen LogP contribution >= 0.6 is 0 Å². The Kier molecular flexibility index (Phi) is 7.68. The van der Waals surface area contributed by atoms with E-state index >= 15 is 0 Å². The van der Waals surface area contributed by atoms with Gasteiger partial charge in [0.1, 0.15) is 5.75 Å². The lowest BCUT2D eigenvalue weighted by Gasteiger charge is -2.45. The predicted molar refractivity (Wildman–Crippen MR) is 130 cm³/mol. The molecule has 2 fully saturated rings. The molecule has 2 aromatic rings. The first-order valence-electron chi connectivity index (χ1n) is 12.0. The van der Waals surface area contributed by atoms with Crippen LogP contribution in [-0.2, 0) is 9.59 Å². The van der Waals surface area contributed by atoms with Gasteiger partial charge in [0.05, 0.1) is 7.11 Å². The van der Waals surface area contributed by atoms with E-state index in [9.17, 15) is 9.59 Å². The van der Waals surface area contributed by atoms with E-state index in [0.717, 1.165) is 23.5 Å². The van der Waals surface area contributed by atoms with Crippen LogP contribution in [0.3, 0.4) is 0 Å². The van der Waals surface area contributed by atoms with Gasteiger partial charge in [0.2, 0.25) is 0 Å². The quantitative estimate of drug-likeness (QED) is 0.601. The Hall–Kier alpha value is -3.12. The van der Waals surface area contributed by atoms with Crippen molar-refractivity contribution in [2.24, 2.45) is 11.8 Å². The van der Waals surface area contributed by atoms with Gasteiger partial charge in [-0.05, 0) is 78.8 Å². The van der Waals surface area contributed by atoms with E-state index in [1.54, 1.807) is 18.2 Å². The highest BCUT2D eigenvalue weighted by Crippen LogP contribution is 2.49. The van der Waals surface area contributed by atoms with Crippen molar-refractivity contribution in [1.29, 1.82) is 0 Å². The second kappa shape index (κ2) is 10.9. The third-order valence-corrected chi connectivity index (χ3v) is 7.23. The maximum absolute atomic E-state index is 9.55. The highest BCUT2D eigenvalue weighted by Gasteiger charge is 2.39. The van der Waals surface area contributed by atoms with Gasteiger partial charge in [-0.3, -0.25) is 0 Å². The number of carboxylic acids is 2. The monoisotopic (exact) mass is 463 g/mol. The number of carbonyl (C=O) groups is 2. The molecule has 3 unspecified atom stereocenters. The molecule has 2 aromatic carbocycles. The summed E-state index contributed by atoms with van der Waals surface area (Å²) >= 11 is 0. The van der Waals surface area contributed by atoms with Crippen molar-refractivity contribution >= 4 is 11.9 Å². The molecule has 1 heterocycles. The molecule has 6 nitrogen and oxygen atoms in total. The van der Waals surface area contributed by atoms with E-state index in [4.69, 9.17) is 14.9 Å². The molecular formula is C28H33NO5. The summed E-state index contributed by atoms with van der Waals surface area (Å²) < 4.78 is 5.49. The van der Waals surface area contributed by atoms with Crippen molar-refractivity contribution in [3.63, 3.8) is 0 Å². The van der Waals surface area contributed by atoms with Gasteiger partial charge >= 0.3 is 11.9 Å². The molecule has 0 radical (unpaired) electrons. The minimum atomic E-state index is -1.26. The second-order valence-electron chi connectivity index (χ2n) is 9.56.